The monoisotopic (exact) mass is 315 g/mol. The summed E-state index contributed by atoms with van der Waals surface area (Å²) in [6.45, 7) is 5.87. The Balaban J connectivity index is 2.09. The fourth-order valence-corrected chi connectivity index (χ4v) is 3.78. The minimum Gasteiger partial charge on any atom is -0.338 e. The molecule has 0 aliphatic carbocycles. The minimum atomic E-state index is -4.84. The lowest BCUT2D eigenvalue weighted by Gasteiger charge is -2.49. The summed E-state index contributed by atoms with van der Waals surface area (Å²) in [5.41, 5.74) is -0.197. The molecule has 2 aliphatic rings. The lowest BCUT2D eigenvalue weighted by atomic mass is 9.80. The van der Waals surface area contributed by atoms with Crippen molar-refractivity contribution in [3.05, 3.63) is 23.5 Å². The molecule has 1 fully saturated rings. The summed E-state index contributed by atoms with van der Waals surface area (Å²) in [6.07, 6.45) is -3.26. The number of fused-ring (bicyclic) bond motifs is 2. The number of nitrogens with one attached hydrogen (secondary N) is 2. The number of alkyl halides is 3. The molecule has 4 nitrogen and oxygen atoms in total. The topological polar surface area (TPSA) is 46.1 Å². The molecule has 2 N–H and O–H groups in total. The maximum atomic E-state index is 12.8. The van der Waals surface area contributed by atoms with Crippen LogP contribution in [0.1, 0.15) is 42.9 Å². The van der Waals surface area contributed by atoms with Crippen molar-refractivity contribution in [2.45, 2.75) is 50.5 Å². The van der Waals surface area contributed by atoms with Gasteiger partial charge in [-0.2, -0.15) is 13.2 Å². The normalized spacial score (nSPS) is 23.3. The first-order valence-electron chi connectivity index (χ1n) is 7.46. The quantitative estimate of drug-likeness (QED) is 0.781. The fourth-order valence-electron chi connectivity index (χ4n) is 3.78. The summed E-state index contributed by atoms with van der Waals surface area (Å²) in [6, 6.07) is 2.99. The molecule has 3 heterocycles. The molecular formula is C15H20F3N3O. The van der Waals surface area contributed by atoms with Crippen molar-refractivity contribution in [3.8, 4) is 0 Å². The van der Waals surface area contributed by atoms with Gasteiger partial charge in [-0.05, 0) is 51.9 Å². The van der Waals surface area contributed by atoms with Gasteiger partial charge in [-0.25, -0.2) is 0 Å². The number of nitrogens with zero attached hydrogens (tertiary/aromatic N) is 1. The lowest BCUT2D eigenvalue weighted by molar-refractivity contribution is -0.0892. The second kappa shape index (κ2) is 4.83. The Hall–Kier alpha value is -1.34. The zero-order chi connectivity index (χ0) is 16.2. The van der Waals surface area contributed by atoms with Gasteiger partial charge in [0.25, 0.3) is 5.78 Å². The number of Topliss-reactive ketones (excluding diaryl/α,β-unsaturated/α-hetero) is 1. The third-order valence-electron chi connectivity index (χ3n) is 4.55. The predicted octanol–water partition coefficient (Wildman–Crippen LogP) is 2.19. The van der Waals surface area contributed by atoms with Gasteiger partial charge in [-0.3, -0.25) is 10.1 Å². The third kappa shape index (κ3) is 2.46. The van der Waals surface area contributed by atoms with Crippen LogP contribution in [0.3, 0.4) is 0 Å². The van der Waals surface area contributed by atoms with E-state index in [4.69, 9.17) is 0 Å². The van der Waals surface area contributed by atoms with E-state index >= 15 is 0 Å². The molecule has 22 heavy (non-hydrogen) atoms. The number of carbonyl (C=O) groups excluding carboxylic acids is 1. The predicted molar refractivity (Wildman–Crippen MR) is 75.8 cm³/mol. The van der Waals surface area contributed by atoms with E-state index in [0.717, 1.165) is 31.6 Å². The summed E-state index contributed by atoms with van der Waals surface area (Å²) in [5, 5.41) is 6.87. The number of aromatic nitrogens is 1. The van der Waals surface area contributed by atoms with Gasteiger partial charge in [0.05, 0.1) is 11.2 Å². The molecule has 0 aromatic carbocycles. The highest BCUT2D eigenvalue weighted by molar-refractivity contribution is 5.99. The van der Waals surface area contributed by atoms with Gasteiger partial charge in [0, 0.05) is 17.8 Å². The Morgan fingerprint density at radius 1 is 1.23 bits per heavy atom. The van der Waals surface area contributed by atoms with Crippen molar-refractivity contribution in [1.29, 1.82) is 0 Å². The number of hydrogen-bond donors (Lipinski definition) is 2. The van der Waals surface area contributed by atoms with Gasteiger partial charge in [0.1, 0.15) is 0 Å². The first-order valence-corrected chi connectivity index (χ1v) is 7.46. The van der Waals surface area contributed by atoms with Crippen molar-refractivity contribution in [1.82, 2.24) is 15.2 Å². The van der Waals surface area contributed by atoms with E-state index in [9.17, 15) is 18.0 Å². The summed E-state index contributed by atoms with van der Waals surface area (Å²) in [7, 11) is 0. The molecule has 1 aromatic heterocycles. The van der Waals surface area contributed by atoms with Crippen LogP contribution in [0.25, 0.3) is 0 Å². The SMILES string of the molecule is CC1(C)Cn2c(C(=O)C(F)(F)F)ccc2C2(CCNCC2)N1. The smallest absolute Gasteiger partial charge is 0.338 e. The van der Waals surface area contributed by atoms with E-state index in [1.807, 2.05) is 13.8 Å². The number of rotatable bonds is 1. The van der Waals surface area contributed by atoms with E-state index in [0.29, 0.717) is 6.54 Å². The molecule has 0 unspecified atom stereocenters. The van der Waals surface area contributed by atoms with Crippen molar-refractivity contribution >= 4 is 5.78 Å². The second-order valence-corrected chi connectivity index (χ2v) is 6.86. The zero-order valence-corrected chi connectivity index (χ0v) is 12.7. The zero-order valence-electron chi connectivity index (χ0n) is 12.7. The fraction of sp³-hybridized carbons (Fsp3) is 0.667. The molecule has 0 amide bonds. The molecule has 1 saturated heterocycles. The van der Waals surface area contributed by atoms with Gasteiger partial charge in [-0.15, -0.1) is 0 Å². The van der Waals surface area contributed by atoms with E-state index < -0.39 is 12.0 Å². The Morgan fingerprint density at radius 2 is 1.86 bits per heavy atom. The van der Waals surface area contributed by atoms with E-state index in [1.165, 1.54) is 6.07 Å². The molecule has 0 atom stereocenters. The molecule has 122 valence electrons. The summed E-state index contributed by atoms with van der Waals surface area (Å²) < 4.78 is 40.0. The van der Waals surface area contributed by atoms with E-state index in [2.05, 4.69) is 10.6 Å². The Labute approximate surface area is 127 Å². The summed E-state index contributed by atoms with van der Waals surface area (Å²) in [4.78, 5) is 11.7. The molecule has 0 bridgehead atoms. The van der Waals surface area contributed by atoms with Crippen molar-refractivity contribution < 1.29 is 18.0 Å². The maximum Gasteiger partial charge on any atom is 0.456 e. The van der Waals surface area contributed by atoms with Crippen LogP contribution in [0, 0.1) is 0 Å². The van der Waals surface area contributed by atoms with Crippen LogP contribution in [0.15, 0.2) is 12.1 Å². The lowest BCUT2D eigenvalue weighted by Crippen LogP contribution is -2.63. The minimum absolute atomic E-state index is 0.255. The van der Waals surface area contributed by atoms with Gasteiger partial charge in [0.15, 0.2) is 0 Å². The standard InChI is InChI=1S/C15H20F3N3O/c1-13(2)9-21-10(12(22)15(16,17)18)3-4-11(21)14(20-13)5-7-19-8-6-14/h3-4,19-20H,5-9H2,1-2H3. The van der Waals surface area contributed by atoms with Crippen LogP contribution < -0.4 is 10.6 Å². The molecule has 2 aliphatic heterocycles. The van der Waals surface area contributed by atoms with Gasteiger partial charge < -0.3 is 9.88 Å². The van der Waals surface area contributed by atoms with Gasteiger partial charge >= 0.3 is 6.18 Å². The number of hydrogen-bond acceptors (Lipinski definition) is 3. The molecule has 0 radical (unpaired) electrons. The summed E-state index contributed by atoms with van der Waals surface area (Å²) in [5.74, 6) is -1.76. The summed E-state index contributed by atoms with van der Waals surface area (Å²) >= 11 is 0. The highest BCUT2D eigenvalue weighted by Crippen LogP contribution is 2.39. The second-order valence-electron chi connectivity index (χ2n) is 6.86. The molecule has 3 rings (SSSR count). The van der Waals surface area contributed by atoms with Crippen LogP contribution in [0.4, 0.5) is 13.2 Å². The number of halogens is 3. The Kier molecular flexibility index (Phi) is 3.41. The van der Waals surface area contributed by atoms with Crippen LogP contribution in [-0.4, -0.2) is 35.2 Å². The van der Waals surface area contributed by atoms with Crippen LogP contribution in [-0.2, 0) is 12.1 Å². The van der Waals surface area contributed by atoms with Crippen molar-refractivity contribution in [2.75, 3.05) is 13.1 Å². The van der Waals surface area contributed by atoms with E-state index in [1.54, 1.807) is 10.6 Å². The van der Waals surface area contributed by atoms with Crippen LogP contribution >= 0.6 is 0 Å². The number of carbonyl (C=O) groups is 1. The molecule has 7 heteroatoms. The average Bonchev–Trinajstić information content (AvgIpc) is 2.80. The number of piperidine rings is 1. The van der Waals surface area contributed by atoms with Gasteiger partial charge in [0.2, 0.25) is 0 Å². The third-order valence-corrected chi connectivity index (χ3v) is 4.55. The highest BCUT2D eigenvalue weighted by atomic mass is 19.4. The van der Waals surface area contributed by atoms with Crippen molar-refractivity contribution in [3.63, 3.8) is 0 Å². The van der Waals surface area contributed by atoms with Gasteiger partial charge in [-0.1, -0.05) is 0 Å². The van der Waals surface area contributed by atoms with Crippen LogP contribution in [0.5, 0.6) is 0 Å². The first kappa shape index (κ1) is 15.6. The highest BCUT2D eigenvalue weighted by Gasteiger charge is 2.47. The largest absolute Gasteiger partial charge is 0.456 e. The molecule has 1 aromatic rings. The average molecular weight is 315 g/mol. The van der Waals surface area contributed by atoms with Crippen molar-refractivity contribution in [2.24, 2.45) is 0 Å². The molecule has 0 saturated carbocycles. The Morgan fingerprint density at radius 3 is 2.45 bits per heavy atom. The first-order chi connectivity index (χ1) is 10.1. The molecule has 1 spiro atoms. The Bertz CT molecular complexity index is 598. The number of ketones is 1. The van der Waals surface area contributed by atoms with Crippen LogP contribution in [0.2, 0.25) is 0 Å². The molecular weight excluding hydrogens is 295 g/mol. The maximum absolute atomic E-state index is 12.8. The van der Waals surface area contributed by atoms with E-state index in [-0.39, 0.29) is 16.8 Å².